The lowest BCUT2D eigenvalue weighted by Crippen LogP contribution is -2.14. The molecule has 4 heteroatoms. The van der Waals surface area contributed by atoms with Crippen molar-refractivity contribution < 1.29 is 15.1 Å². The molecule has 0 unspecified atom stereocenters. The second kappa shape index (κ2) is 4.27. The summed E-state index contributed by atoms with van der Waals surface area (Å²) < 4.78 is 0. The molecule has 0 fully saturated rings. The molecule has 13 heavy (non-hydrogen) atoms. The molecule has 0 atom stereocenters. The van der Waals surface area contributed by atoms with E-state index in [2.05, 4.69) is 0 Å². The molecule has 0 aliphatic carbocycles. The Morgan fingerprint density at radius 1 is 1.46 bits per heavy atom. The standard InChI is InChI=1S/C9H9NO3/c11-8-3-1-2-7(6-8)4-5-9(12)10-13/h1-6,11,13H,(H,10,12). The fourth-order valence-electron chi connectivity index (χ4n) is 0.838. The Labute approximate surface area is 75.1 Å². The molecule has 0 aliphatic rings. The molecule has 4 nitrogen and oxygen atoms in total. The monoisotopic (exact) mass is 179 g/mol. The van der Waals surface area contributed by atoms with Gasteiger partial charge in [-0.1, -0.05) is 12.1 Å². The third kappa shape index (κ3) is 2.96. The van der Waals surface area contributed by atoms with E-state index < -0.39 is 5.91 Å². The van der Waals surface area contributed by atoms with E-state index in [1.165, 1.54) is 23.7 Å². The highest BCUT2D eigenvalue weighted by Crippen LogP contribution is 2.11. The van der Waals surface area contributed by atoms with Gasteiger partial charge in [0.1, 0.15) is 5.75 Å². The minimum absolute atomic E-state index is 0.131. The minimum atomic E-state index is -0.608. The highest BCUT2D eigenvalue weighted by molar-refractivity contribution is 5.90. The number of benzene rings is 1. The van der Waals surface area contributed by atoms with Crippen molar-refractivity contribution in [1.29, 1.82) is 0 Å². The van der Waals surface area contributed by atoms with E-state index in [4.69, 9.17) is 10.3 Å². The summed E-state index contributed by atoms with van der Waals surface area (Å²) in [6.07, 6.45) is 2.64. The summed E-state index contributed by atoms with van der Waals surface area (Å²) >= 11 is 0. The molecule has 0 aromatic heterocycles. The van der Waals surface area contributed by atoms with Crippen LogP contribution in [0.3, 0.4) is 0 Å². The molecule has 0 bridgehead atoms. The first-order valence-electron chi connectivity index (χ1n) is 3.63. The van der Waals surface area contributed by atoms with E-state index in [9.17, 15) is 4.79 Å². The maximum absolute atomic E-state index is 10.6. The van der Waals surface area contributed by atoms with Gasteiger partial charge in [-0.2, -0.15) is 0 Å². The summed E-state index contributed by atoms with van der Waals surface area (Å²) in [6.45, 7) is 0. The van der Waals surface area contributed by atoms with Crippen molar-refractivity contribution in [2.24, 2.45) is 0 Å². The van der Waals surface area contributed by atoms with Crippen LogP contribution in [-0.4, -0.2) is 16.2 Å². The van der Waals surface area contributed by atoms with Crippen LogP contribution in [0.5, 0.6) is 5.75 Å². The van der Waals surface area contributed by atoms with E-state index in [1.54, 1.807) is 12.1 Å². The Morgan fingerprint density at radius 2 is 2.23 bits per heavy atom. The SMILES string of the molecule is O=C(C=Cc1cccc(O)c1)NO. The zero-order chi connectivity index (χ0) is 9.68. The molecule has 0 spiro atoms. The van der Waals surface area contributed by atoms with Crippen LogP contribution in [-0.2, 0) is 4.79 Å². The van der Waals surface area contributed by atoms with Gasteiger partial charge in [0.2, 0.25) is 0 Å². The number of phenols is 1. The van der Waals surface area contributed by atoms with Crippen LogP contribution in [0.1, 0.15) is 5.56 Å². The molecule has 1 aromatic rings. The van der Waals surface area contributed by atoms with Crippen LogP contribution in [0.15, 0.2) is 30.3 Å². The molecule has 1 aromatic carbocycles. The number of aromatic hydroxyl groups is 1. The molecular formula is C9H9NO3. The maximum Gasteiger partial charge on any atom is 0.267 e. The van der Waals surface area contributed by atoms with Crippen LogP contribution >= 0.6 is 0 Å². The maximum atomic E-state index is 10.6. The normalized spacial score (nSPS) is 10.2. The summed E-state index contributed by atoms with van der Waals surface area (Å²) in [6, 6.07) is 6.41. The number of nitrogens with one attached hydrogen (secondary N) is 1. The predicted molar refractivity (Wildman–Crippen MR) is 47.1 cm³/mol. The molecule has 0 heterocycles. The third-order valence-corrected chi connectivity index (χ3v) is 1.41. The first-order chi connectivity index (χ1) is 6.22. The zero-order valence-corrected chi connectivity index (χ0v) is 6.77. The highest BCUT2D eigenvalue weighted by atomic mass is 16.5. The molecule has 3 N–H and O–H groups in total. The largest absolute Gasteiger partial charge is 0.508 e. The number of carbonyl (C=O) groups excluding carboxylic acids is 1. The van der Waals surface area contributed by atoms with E-state index in [0.717, 1.165) is 6.08 Å². The number of hydroxylamine groups is 1. The average Bonchev–Trinajstić information content (AvgIpc) is 2.14. The van der Waals surface area contributed by atoms with Gasteiger partial charge in [-0.15, -0.1) is 0 Å². The Kier molecular flexibility index (Phi) is 3.05. The summed E-state index contributed by atoms with van der Waals surface area (Å²) in [4.78, 5) is 10.6. The second-order valence-corrected chi connectivity index (χ2v) is 2.40. The summed E-state index contributed by atoms with van der Waals surface area (Å²) in [7, 11) is 0. The lowest BCUT2D eigenvalue weighted by Gasteiger charge is -1.94. The first kappa shape index (κ1) is 9.28. The van der Waals surface area contributed by atoms with Crippen LogP contribution in [0.25, 0.3) is 6.08 Å². The molecule has 0 saturated heterocycles. The van der Waals surface area contributed by atoms with Gasteiger partial charge in [0.25, 0.3) is 5.91 Å². The lowest BCUT2D eigenvalue weighted by molar-refractivity contribution is -0.124. The van der Waals surface area contributed by atoms with Gasteiger partial charge in [0, 0.05) is 6.08 Å². The highest BCUT2D eigenvalue weighted by Gasteiger charge is 1.91. The molecule has 0 radical (unpaired) electrons. The van der Waals surface area contributed by atoms with Gasteiger partial charge in [0.05, 0.1) is 0 Å². The predicted octanol–water partition coefficient (Wildman–Crippen LogP) is 0.911. The third-order valence-electron chi connectivity index (χ3n) is 1.41. The van der Waals surface area contributed by atoms with Gasteiger partial charge >= 0.3 is 0 Å². The number of hydrogen-bond acceptors (Lipinski definition) is 3. The van der Waals surface area contributed by atoms with E-state index in [0.29, 0.717) is 5.56 Å². The van der Waals surface area contributed by atoms with E-state index >= 15 is 0 Å². The van der Waals surface area contributed by atoms with Gasteiger partial charge in [-0.05, 0) is 23.8 Å². The molecule has 1 rings (SSSR count). The van der Waals surface area contributed by atoms with Gasteiger partial charge in [0.15, 0.2) is 0 Å². The number of phenolic OH excluding ortho intramolecular Hbond substituents is 1. The minimum Gasteiger partial charge on any atom is -0.508 e. The number of carbonyl (C=O) groups is 1. The van der Waals surface area contributed by atoms with Crippen molar-refractivity contribution in [3.05, 3.63) is 35.9 Å². The van der Waals surface area contributed by atoms with Crippen LogP contribution < -0.4 is 5.48 Å². The zero-order valence-electron chi connectivity index (χ0n) is 6.77. The van der Waals surface area contributed by atoms with Gasteiger partial charge in [-0.25, -0.2) is 5.48 Å². The Morgan fingerprint density at radius 3 is 2.85 bits per heavy atom. The van der Waals surface area contributed by atoms with Crippen molar-refractivity contribution in [3.63, 3.8) is 0 Å². The van der Waals surface area contributed by atoms with Crippen molar-refractivity contribution in [3.8, 4) is 5.75 Å². The van der Waals surface area contributed by atoms with Crippen LogP contribution in [0, 0.1) is 0 Å². The van der Waals surface area contributed by atoms with Crippen molar-refractivity contribution in [2.45, 2.75) is 0 Å². The molecule has 0 saturated carbocycles. The van der Waals surface area contributed by atoms with Crippen LogP contribution in [0.2, 0.25) is 0 Å². The molecule has 1 amide bonds. The number of rotatable bonds is 2. The van der Waals surface area contributed by atoms with Crippen LogP contribution in [0.4, 0.5) is 0 Å². The lowest BCUT2D eigenvalue weighted by atomic mass is 10.2. The molecule has 68 valence electrons. The molecular weight excluding hydrogens is 170 g/mol. The topological polar surface area (TPSA) is 69.6 Å². The van der Waals surface area contributed by atoms with E-state index in [1.807, 2.05) is 0 Å². The van der Waals surface area contributed by atoms with Crippen molar-refractivity contribution >= 4 is 12.0 Å². The van der Waals surface area contributed by atoms with Crippen molar-refractivity contribution in [1.82, 2.24) is 5.48 Å². The Balaban J connectivity index is 2.74. The second-order valence-electron chi connectivity index (χ2n) is 2.40. The first-order valence-corrected chi connectivity index (χ1v) is 3.63. The fourth-order valence-corrected chi connectivity index (χ4v) is 0.838. The average molecular weight is 179 g/mol. The fraction of sp³-hybridized carbons (Fsp3) is 0. The summed E-state index contributed by atoms with van der Waals surface area (Å²) in [5, 5.41) is 17.2. The Hall–Kier alpha value is -1.81. The summed E-state index contributed by atoms with van der Waals surface area (Å²) in [5.41, 5.74) is 2.15. The van der Waals surface area contributed by atoms with E-state index in [-0.39, 0.29) is 5.75 Å². The van der Waals surface area contributed by atoms with Gasteiger partial charge in [-0.3, -0.25) is 10.0 Å². The molecule has 0 aliphatic heterocycles. The summed E-state index contributed by atoms with van der Waals surface area (Å²) in [5.74, 6) is -0.477. The quantitative estimate of drug-likeness (QED) is 0.359. The number of amides is 1. The van der Waals surface area contributed by atoms with Gasteiger partial charge < -0.3 is 5.11 Å². The van der Waals surface area contributed by atoms with Crippen molar-refractivity contribution in [2.75, 3.05) is 0 Å². The smallest absolute Gasteiger partial charge is 0.267 e. The Bertz CT molecular complexity index is 333. The number of hydrogen-bond donors (Lipinski definition) is 3.